The molecule has 38 heavy (non-hydrogen) atoms. The van der Waals surface area contributed by atoms with Gasteiger partial charge >= 0.3 is 18.3 Å². The van der Waals surface area contributed by atoms with Crippen LogP contribution in [-0.4, -0.2) is 17.9 Å². The number of aromatic nitrogens is 1. The molecule has 0 bridgehead atoms. The van der Waals surface area contributed by atoms with Crippen LogP contribution in [0.15, 0.2) is 79.0 Å². The fourth-order valence-electron chi connectivity index (χ4n) is 4.49. The number of pyridine rings is 1. The van der Waals surface area contributed by atoms with Crippen molar-refractivity contribution >= 4 is 22.5 Å². The van der Waals surface area contributed by atoms with Crippen molar-refractivity contribution in [2.45, 2.75) is 31.6 Å². The Balaban J connectivity index is 1.92. The second-order valence-corrected chi connectivity index (χ2v) is 9.54. The van der Waals surface area contributed by atoms with E-state index in [9.17, 15) is 36.3 Å². The molecule has 1 atom stereocenters. The number of likely N-dealkylation sites (N-methyl/N-ethyl adjacent to an activating group) is 1. The largest absolute Gasteiger partial charge is 0.620 e. The summed E-state index contributed by atoms with van der Waals surface area (Å²) in [5.74, 6) is -1.15. The van der Waals surface area contributed by atoms with E-state index in [0.717, 1.165) is 20.9 Å². The highest BCUT2D eigenvalue weighted by Crippen LogP contribution is 2.43. The first-order valence-electron chi connectivity index (χ1n) is 11.4. The average molecular weight is 532 g/mol. The molecule has 4 rings (SSSR count). The summed E-state index contributed by atoms with van der Waals surface area (Å²) in [6.07, 6.45) is -8.64. The zero-order chi connectivity index (χ0) is 28.1. The van der Waals surface area contributed by atoms with Crippen molar-refractivity contribution in [3.8, 4) is 11.1 Å². The van der Waals surface area contributed by atoms with E-state index in [-0.39, 0.29) is 11.8 Å². The standard InChI is InChI=1S/C28H22F6N2O2/c1-26(2,18-14-19(27(29,30)31)16-20(15-18)28(32,33)34)25(37)36(3,38)23-12-11-22-21(10-7-13-35-22)24(23)17-8-5-4-6-9-17/h4-16H,1-3H3. The predicted octanol–water partition coefficient (Wildman–Crippen LogP) is 7.88. The van der Waals surface area contributed by atoms with Gasteiger partial charge in [0.2, 0.25) is 0 Å². The summed E-state index contributed by atoms with van der Waals surface area (Å²) in [5, 5.41) is 14.7. The van der Waals surface area contributed by atoms with Gasteiger partial charge in [-0.15, -0.1) is 0 Å². The molecule has 0 aliphatic carbocycles. The van der Waals surface area contributed by atoms with E-state index in [0.29, 0.717) is 34.2 Å². The monoisotopic (exact) mass is 532 g/mol. The summed E-state index contributed by atoms with van der Waals surface area (Å²) in [6, 6.07) is 15.9. The molecule has 1 aromatic heterocycles. The number of rotatable bonds is 4. The molecule has 0 aliphatic heterocycles. The Labute approximate surface area is 214 Å². The number of alkyl halides is 6. The molecular formula is C28H22F6N2O2. The van der Waals surface area contributed by atoms with E-state index < -0.39 is 45.0 Å². The molecule has 0 N–H and O–H groups in total. The number of amides is 1. The first kappa shape index (κ1) is 27.3. The summed E-state index contributed by atoms with van der Waals surface area (Å²) >= 11 is 0. The molecule has 10 heteroatoms. The first-order valence-corrected chi connectivity index (χ1v) is 11.4. The maximum atomic E-state index is 14.1. The van der Waals surface area contributed by atoms with Crippen molar-refractivity contribution in [2.24, 2.45) is 0 Å². The maximum absolute atomic E-state index is 14.1. The van der Waals surface area contributed by atoms with Crippen molar-refractivity contribution in [2.75, 3.05) is 7.05 Å². The number of halogens is 6. The predicted molar refractivity (Wildman–Crippen MR) is 133 cm³/mol. The summed E-state index contributed by atoms with van der Waals surface area (Å²) in [4.78, 5) is 18.1. The molecule has 198 valence electrons. The van der Waals surface area contributed by atoms with Gasteiger partial charge in [-0.25, -0.2) is 4.79 Å². The lowest BCUT2D eigenvalue weighted by molar-refractivity contribution is -0.143. The number of hydrogen-bond donors (Lipinski definition) is 0. The minimum absolute atomic E-state index is 0.0147. The zero-order valence-electron chi connectivity index (χ0n) is 20.5. The fraction of sp³-hybridized carbons (Fsp3) is 0.214. The number of hydrogen-bond acceptors (Lipinski definition) is 3. The summed E-state index contributed by atoms with van der Waals surface area (Å²) in [6.45, 7) is 2.29. The quantitative estimate of drug-likeness (QED) is 0.153. The highest BCUT2D eigenvalue weighted by Gasteiger charge is 2.45. The fourth-order valence-corrected chi connectivity index (χ4v) is 4.49. The Bertz CT molecular complexity index is 1480. The molecular weight excluding hydrogens is 510 g/mol. The molecule has 4 aromatic rings. The lowest BCUT2D eigenvalue weighted by atomic mass is 9.81. The van der Waals surface area contributed by atoms with Crippen LogP contribution in [0.1, 0.15) is 30.5 Å². The molecule has 0 radical (unpaired) electrons. The Hall–Kier alpha value is -3.76. The summed E-state index contributed by atoms with van der Waals surface area (Å²) < 4.78 is 79.2. The van der Waals surface area contributed by atoms with Crippen molar-refractivity contribution in [3.63, 3.8) is 0 Å². The van der Waals surface area contributed by atoms with Gasteiger partial charge in [0, 0.05) is 17.6 Å². The van der Waals surface area contributed by atoms with Gasteiger partial charge in [0.15, 0.2) is 0 Å². The highest BCUT2D eigenvalue weighted by molar-refractivity contribution is 6.06. The van der Waals surface area contributed by atoms with Crippen LogP contribution in [0.5, 0.6) is 0 Å². The lowest BCUT2D eigenvalue weighted by Crippen LogP contribution is -2.53. The molecule has 1 unspecified atom stereocenters. The summed E-state index contributed by atoms with van der Waals surface area (Å²) in [5.41, 5.74) is -4.26. The van der Waals surface area contributed by atoms with E-state index in [1.54, 1.807) is 48.7 Å². The van der Waals surface area contributed by atoms with Gasteiger partial charge in [0.05, 0.1) is 29.3 Å². The number of fused-ring (bicyclic) bond motifs is 1. The molecule has 0 aliphatic rings. The highest BCUT2D eigenvalue weighted by atomic mass is 19.4. The van der Waals surface area contributed by atoms with E-state index in [1.165, 1.54) is 12.1 Å². The number of nitrogens with zero attached hydrogens (tertiary/aromatic N) is 2. The van der Waals surface area contributed by atoms with Gasteiger partial charge in [-0.05, 0) is 55.3 Å². The van der Waals surface area contributed by atoms with Crippen molar-refractivity contribution in [1.29, 1.82) is 0 Å². The molecule has 0 fully saturated rings. The van der Waals surface area contributed by atoms with Crippen LogP contribution in [0.2, 0.25) is 0 Å². The minimum atomic E-state index is -5.10. The van der Waals surface area contributed by atoms with Crippen LogP contribution < -0.4 is 4.65 Å². The smallest absolute Gasteiger partial charge is 0.416 e. The van der Waals surface area contributed by atoms with E-state index in [1.807, 2.05) is 0 Å². The Kier molecular flexibility index (Phi) is 6.61. The van der Waals surface area contributed by atoms with Crippen LogP contribution in [-0.2, 0) is 22.6 Å². The van der Waals surface area contributed by atoms with E-state index in [2.05, 4.69) is 4.98 Å². The van der Waals surface area contributed by atoms with Gasteiger partial charge in [-0.3, -0.25) is 9.63 Å². The van der Waals surface area contributed by atoms with Crippen molar-refractivity contribution in [3.05, 3.63) is 101 Å². The van der Waals surface area contributed by atoms with Crippen molar-refractivity contribution in [1.82, 2.24) is 9.63 Å². The van der Waals surface area contributed by atoms with Gasteiger partial charge < -0.3 is 5.21 Å². The van der Waals surface area contributed by atoms with Crippen LogP contribution in [0.3, 0.4) is 0 Å². The Morgan fingerprint density at radius 3 is 1.89 bits per heavy atom. The average Bonchev–Trinajstić information content (AvgIpc) is 2.86. The third kappa shape index (κ3) is 4.89. The van der Waals surface area contributed by atoms with Gasteiger partial charge in [-0.2, -0.15) is 26.3 Å². The summed E-state index contributed by atoms with van der Waals surface area (Å²) in [7, 11) is 1.02. The molecule has 1 amide bonds. The van der Waals surface area contributed by atoms with Crippen LogP contribution in [0.25, 0.3) is 22.0 Å². The molecule has 0 saturated heterocycles. The second-order valence-electron chi connectivity index (χ2n) is 9.54. The van der Waals surface area contributed by atoms with E-state index >= 15 is 0 Å². The number of benzene rings is 3. The molecule has 4 nitrogen and oxygen atoms in total. The van der Waals surface area contributed by atoms with Crippen LogP contribution in [0, 0.1) is 5.21 Å². The Morgan fingerprint density at radius 2 is 1.34 bits per heavy atom. The Morgan fingerprint density at radius 1 is 0.789 bits per heavy atom. The normalized spacial score (nSPS) is 14.4. The second kappa shape index (κ2) is 9.21. The third-order valence-corrected chi connectivity index (χ3v) is 6.52. The first-order chi connectivity index (χ1) is 17.5. The minimum Gasteiger partial charge on any atom is -0.620 e. The molecule has 1 heterocycles. The molecule has 0 saturated carbocycles. The molecule has 0 spiro atoms. The number of hydroxylamine groups is 2. The van der Waals surface area contributed by atoms with Gasteiger partial charge in [0.1, 0.15) is 11.1 Å². The lowest BCUT2D eigenvalue weighted by Gasteiger charge is -2.41. The van der Waals surface area contributed by atoms with Crippen LogP contribution in [0.4, 0.5) is 32.0 Å². The van der Waals surface area contributed by atoms with Crippen molar-refractivity contribution < 1.29 is 31.1 Å². The third-order valence-electron chi connectivity index (χ3n) is 6.52. The molecule has 3 aromatic carbocycles. The zero-order valence-corrected chi connectivity index (χ0v) is 20.5. The van der Waals surface area contributed by atoms with E-state index in [4.69, 9.17) is 0 Å². The SMILES string of the molecule is CC(C)(C(=O)[N+](C)([O-])c1ccc2ncccc2c1-c1ccccc1)c1cc(C(F)(F)F)cc(C(F)(F)F)c1. The van der Waals surface area contributed by atoms with Gasteiger partial charge in [0.25, 0.3) is 0 Å². The van der Waals surface area contributed by atoms with Gasteiger partial charge in [-0.1, -0.05) is 36.4 Å². The number of quaternary nitrogens is 1. The number of carbonyl (C=O) groups is 1. The number of carbonyl (C=O) groups excluding carboxylic acids is 1. The van der Waals surface area contributed by atoms with Crippen LogP contribution >= 0.6 is 0 Å². The maximum Gasteiger partial charge on any atom is 0.416 e. The topological polar surface area (TPSA) is 53.0 Å².